The van der Waals surface area contributed by atoms with Gasteiger partial charge in [-0.05, 0) is 50.7 Å². The van der Waals surface area contributed by atoms with Crippen LogP contribution in [0.2, 0.25) is 0 Å². The highest BCUT2D eigenvalue weighted by atomic mass is 16.2. The summed E-state index contributed by atoms with van der Waals surface area (Å²) in [5.41, 5.74) is 2.54. The molecule has 1 saturated heterocycles. The highest BCUT2D eigenvalue weighted by Crippen LogP contribution is 2.38. The van der Waals surface area contributed by atoms with Crippen LogP contribution in [0.4, 0.5) is 0 Å². The van der Waals surface area contributed by atoms with Gasteiger partial charge in [0.05, 0.1) is 30.0 Å². The van der Waals surface area contributed by atoms with Crippen LogP contribution in [0, 0.1) is 0 Å². The molecule has 1 aromatic heterocycles. The van der Waals surface area contributed by atoms with Gasteiger partial charge in [-0.3, -0.25) is 9.59 Å². The van der Waals surface area contributed by atoms with Crippen molar-refractivity contribution in [2.45, 2.75) is 63.2 Å². The fourth-order valence-corrected chi connectivity index (χ4v) is 4.82. The Kier molecular flexibility index (Phi) is 4.34. The lowest BCUT2D eigenvalue weighted by molar-refractivity contribution is -0.166. The summed E-state index contributed by atoms with van der Waals surface area (Å²) >= 11 is 0. The molecule has 5 rings (SSSR count). The molecule has 144 valence electrons. The minimum Gasteiger partial charge on any atom is -0.326 e. The predicted octanol–water partition coefficient (Wildman–Crippen LogP) is 2.79. The maximum Gasteiger partial charge on any atom is 0.312 e. The van der Waals surface area contributed by atoms with Crippen LogP contribution in [0.15, 0.2) is 42.5 Å². The Morgan fingerprint density at radius 2 is 1.57 bits per heavy atom. The van der Waals surface area contributed by atoms with Crippen LogP contribution in [-0.2, 0) is 16.1 Å². The number of nitrogens with zero attached hydrogens (tertiary/aromatic N) is 4. The summed E-state index contributed by atoms with van der Waals surface area (Å²) in [5, 5.41) is 8.66. The molecule has 2 aliphatic carbocycles. The molecule has 2 saturated carbocycles. The van der Waals surface area contributed by atoms with E-state index in [2.05, 4.69) is 10.2 Å². The highest BCUT2D eigenvalue weighted by Gasteiger charge is 2.50. The second-order valence-corrected chi connectivity index (χ2v) is 8.07. The first-order valence-electron chi connectivity index (χ1n) is 10.2. The van der Waals surface area contributed by atoms with Gasteiger partial charge in [0, 0.05) is 11.6 Å². The fraction of sp³-hybridized carbons (Fsp3) is 0.455. The maximum absolute atomic E-state index is 12.9. The van der Waals surface area contributed by atoms with Gasteiger partial charge in [-0.2, -0.15) is 10.2 Å². The Labute approximate surface area is 164 Å². The number of aromatic nitrogens is 2. The number of amides is 2. The van der Waals surface area contributed by atoms with Gasteiger partial charge in [-0.15, -0.1) is 0 Å². The molecule has 2 atom stereocenters. The number of fused-ring (bicyclic) bond motifs is 1. The van der Waals surface area contributed by atoms with Crippen LogP contribution in [0.3, 0.4) is 0 Å². The third kappa shape index (κ3) is 2.87. The summed E-state index contributed by atoms with van der Waals surface area (Å²) in [7, 11) is 0. The normalized spacial score (nSPS) is 25.0. The summed E-state index contributed by atoms with van der Waals surface area (Å²) in [6.07, 6.45) is 6.25. The van der Waals surface area contributed by atoms with E-state index in [9.17, 15) is 9.59 Å². The average molecular weight is 376 g/mol. The minimum atomic E-state index is -0.371. The summed E-state index contributed by atoms with van der Waals surface area (Å²) < 4.78 is 0. The van der Waals surface area contributed by atoms with Gasteiger partial charge in [0.25, 0.3) is 0 Å². The maximum atomic E-state index is 12.9. The van der Waals surface area contributed by atoms with E-state index in [1.807, 2.05) is 47.4 Å². The Bertz CT molecular complexity index is 879. The zero-order chi connectivity index (χ0) is 19.1. The molecule has 0 spiro atoms. The molecule has 1 aromatic carbocycles. The van der Waals surface area contributed by atoms with Gasteiger partial charge >= 0.3 is 11.8 Å². The lowest BCUT2D eigenvalue weighted by atomic mass is 9.88. The number of carbonyl (C=O) groups is 2. The van der Waals surface area contributed by atoms with Crippen molar-refractivity contribution in [1.82, 2.24) is 20.0 Å². The molecule has 1 aliphatic heterocycles. The van der Waals surface area contributed by atoms with Crippen molar-refractivity contribution in [1.29, 1.82) is 0 Å². The Balaban J connectivity index is 1.36. The van der Waals surface area contributed by atoms with Gasteiger partial charge in [-0.25, -0.2) is 0 Å². The van der Waals surface area contributed by atoms with E-state index in [4.69, 9.17) is 0 Å². The van der Waals surface area contributed by atoms with E-state index in [1.165, 1.54) is 0 Å². The Hall–Kier alpha value is -2.76. The number of carbonyl (C=O) groups excluding carboxylic acids is 2. The zero-order valence-corrected chi connectivity index (χ0v) is 15.8. The second-order valence-electron chi connectivity index (χ2n) is 8.07. The molecular weight excluding hydrogens is 352 g/mol. The zero-order valence-electron chi connectivity index (χ0n) is 15.8. The first-order valence-corrected chi connectivity index (χ1v) is 10.2. The molecule has 2 amide bonds. The summed E-state index contributed by atoms with van der Waals surface area (Å²) in [6.45, 7) is 0.353. The van der Waals surface area contributed by atoms with Gasteiger partial charge in [0.1, 0.15) is 0 Å². The largest absolute Gasteiger partial charge is 0.326 e. The Morgan fingerprint density at radius 3 is 2.25 bits per heavy atom. The molecule has 6 nitrogen and oxygen atoms in total. The van der Waals surface area contributed by atoms with Crippen LogP contribution >= 0.6 is 0 Å². The molecule has 0 N–H and O–H groups in total. The molecule has 2 aromatic rings. The smallest absolute Gasteiger partial charge is 0.312 e. The van der Waals surface area contributed by atoms with E-state index in [0.29, 0.717) is 6.54 Å². The number of hydrogen-bond donors (Lipinski definition) is 0. The van der Waals surface area contributed by atoms with Crippen molar-refractivity contribution in [2.24, 2.45) is 0 Å². The number of hydrogen-bond acceptors (Lipinski definition) is 4. The fourth-order valence-electron chi connectivity index (χ4n) is 4.82. The lowest BCUT2D eigenvalue weighted by Gasteiger charge is -2.49. The van der Waals surface area contributed by atoms with E-state index >= 15 is 0 Å². The standard InChI is InChI=1S/C22H24N4O2/c27-21-22(28)26(17-8-4-9-17)20-11-5-10-19(20)25(21)14-16-12-13-18(24-23-16)15-6-2-1-3-7-15/h1-3,6-7,12-13,17,19-20H,4-5,8-11,14H2/t19-,20+/m0/s1. The third-order valence-corrected chi connectivity index (χ3v) is 6.47. The van der Waals surface area contributed by atoms with E-state index in [0.717, 1.165) is 55.5 Å². The topological polar surface area (TPSA) is 66.4 Å². The van der Waals surface area contributed by atoms with Crippen LogP contribution in [-0.4, -0.2) is 49.9 Å². The van der Waals surface area contributed by atoms with Crippen molar-refractivity contribution in [3.8, 4) is 11.3 Å². The third-order valence-electron chi connectivity index (χ3n) is 6.47. The lowest BCUT2D eigenvalue weighted by Crippen LogP contribution is -2.66. The molecule has 3 fully saturated rings. The molecule has 2 heterocycles. The van der Waals surface area contributed by atoms with E-state index in [-0.39, 0.29) is 29.9 Å². The van der Waals surface area contributed by atoms with Crippen molar-refractivity contribution >= 4 is 11.8 Å². The van der Waals surface area contributed by atoms with Crippen LogP contribution in [0.5, 0.6) is 0 Å². The van der Waals surface area contributed by atoms with Gasteiger partial charge in [0.15, 0.2) is 0 Å². The summed E-state index contributed by atoms with van der Waals surface area (Å²) in [6, 6.07) is 14.3. The number of rotatable bonds is 4. The Morgan fingerprint density at radius 1 is 0.821 bits per heavy atom. The van der Waals surface area contributed by atoms with Crippen LogP contribution in [0.25, 0.3) is 11.3 Å². The van der Waals surface area contributed by atoms with Crippen molar-refractivity contribution in [3.05, 3.63) is 48.2 Å². The first-order chi connectivity index (χ1) is 13.7. The highest BCUT2D eigenvalue weighted by molar-refractivity contribution is 6.35. The molecule has 0 unspecified atom stereocenters. The quantitative estimate of drug-likeness (QED) is 0.770. The van der Waals surface area contributed by atoms with E-state index < -0.39 is 0 Å². The molecule has 3 aliphatic rings. The molecule has 0 bridgehead atoms. The predicted molar refractivity (Wildman–Crippen MR) is 104 cm³/mol. The van der Waals surface area contributed by atoms with Crippen molar-refractivity contribution in [3.63, 3.8) is 0 Å². The average Bonchev–Trinajstić information content (AvgIpc) is 3.17. The van der Waals surface area contributed by atoms with E-state index in [1.54, 1.807) is 4.90 Å². The molecular formula is C22H24N4O2. The molecule has 6 heteroatoms. The monoisotopic (exact) mass is 376 g/mol. The van der Waals surface area contributed by atoms with Gasteiger partial charge in [-0.1, -0.05) is 30.3 Å². The van der Waals surface area contributed by atoms with Crippen molar-refractivity contribution < 1.29 is 9.59 Å². The number of piperazine rings is 1. The molecule has 0 radical (unpaired) electrons. The number of benzene rings is 1. The SMILES string of the molecule is O=C1C(=O)N(C2CCC2)[C@@H]2CCC[C@@H]2N1Cc1ccc(-c2ccccc2)nn1. The van der Waals surface area contributed by atoms with Crippen molar-refractivity contribution in [2.75, 3.05) is 0 Å². The summed E-state index contributed by atoms with van der Waals surface area (Å²) in [5.74, 6) is -0.689. The first kappa shape index (κ1) is 17.3. The molecule has 28 heavy (non-hydrogen) atoms. The van der Waals surface area contributed by atoms with Gasteiger partial charge < -0.3 is 9.80 Å². The second kappa shape index (κ2) is 7.00. The minimum absolute atomic E-state index is 0.112. The van der Waals surface area contributed by atoms with Gasteiger partial charge in [0.2, 0.25) is 0 Å². The van der Waals surface area contributed by atoms with Crippen LogP contribution < -0.4 is 0 Å². The summed E-state index contributed by atoms with van der Waals surface area (Å²) in [4.78, 5) is 29.4. The van der Waals surface area contributed by atoms with Crippen LogP contribution in [0.1, 0.15) is 44.2 Å².